The molecule has 158 valence electrons. The Kier molecular flexibility index (Phi) is 7.09. The molecule has 3 rings (SSSR count). The van der Waals surface area contributed by atoms with Gasteiger partial charge in [-0.05, 0) is 60.4 Å². The van der Waals surface area contributed by atoms with Crippen molar-refractivity contribution < 1.29 is 5.11 Å². The van der Waals surface area contributed by atoms with Gasteiger partial charge in [0.1, 0.15) is 0 Å². The summed E-state index contributed by atoms with van der Waals surface area (Å²) in [6, 6.07) is 15.8. The molecule has 2 heterocycles. The van der Waals surface area contributed by atoms with Gasteiger partial charge < -0.3 is 9.67 Å². The highest BCUT2D eigenvalue weighted by Crippen LogP contribution is 2.28. The van der Waals surface area contributed by atoms with Crippen molar-refractivity contribution in [3.8, 4) is 17.0 Å². The van der Waals surface area contributed by atoms with Crippen molar-refractivity contribution in [1.82, 2.24) is 9.55 Å². The molecule has 0 atom stereocenters. The van der Waals surface area contributed by atoms with Crippen LogP contribution in [0.25, 0.3) is 11.3 Å². The number of pyridine rings is 2. The Balaban J connectivity index is 2.12. The van der Waals surface area contributed by atoms with Crippen molar-refractivity contribution in [2.24, 2.45) is 11.8 Å². The maximum atomic E-state index is 13.0. The Morgan fingerprint density at radius 3 is 2.33 bits per heavy atom. The van der Waals surface area contributed by atoms with Gasteiger partial charge in [-0.25, -0.2) is 0 Å². The number of hydrogen-bond donors (Lipinski definition) is 1. The van der Waals surface area contributed by atoms with Gasteiger partial charge in [-0.2, -0.15) is 0 Å². The molecule has 1 N–H and O–H groups in total. The van der Waals surface area contributed by atoms with Crippen molar-refractivity contribution in [3.05, 3.63) is 81.9 Å². The number of aromatic hydroxyl groups is 1. The molecular formula is C26H32N2O2. The van der Waals surface area contributed by atoms with Gasteiger partial charge in [0.25, 0.3) is 5.56 Å². The van der Waals surface area contributed by atoms with Crippen LogP contribution >= 0.6 is 0 Å². The molecule has 4 nitrogen and oxygen atoms in total. The normalized spacial score (nSPS) is 11.4. The molecule has 1 aromatic carbocycles. The molecule has 0 spiro atoms. The fraction of sp³-hybridized carbons (Fsp3) is 0.385. The number of rotatable bonds is 8. The van der Waals surface area contributed by atoms with Gasteiger partial charge in [-0.15, -0.1) is 0 Å². The average Bonchev–Trinajstić information content (AvgIpc) is 2.69. The Labute approximate surface area is 179 Å². The lowest BCUT2D eigenvalue weighted by molar-refractivity contribution is 0.455. The topological polar surface area (TPSA) is 55.1 Å². The Morgan fingerprint density at radius 1 is 0.967 bits per heavy atom. The first-order chi connectivity index (χ1) is 14.3. The Bertz CT molecular complexity index is 1040. The lowest BCUT2D eigenvalue weighted by Gasteiger charge is -2.20. The lowest BCUT2D eigenvalue weighted by atomic mass is 9.96. The molecule has 0 bridgehead atoms. The molecule has 0 radical (unpaired) electrons. The minimum Gasteiger partial charge on any atom is -0.503 e. The van der Waals surface area contributed by atoms with E-state index in [1.54, 1.807) is 10.6 Å². The second-order valence-corrected chi connectivity index (χ2v) is 8.83. The van der Waals surface area contributed by atoms with Crippen LogP contribution in [0, 0.1) is 11.8 Å². The van der Waals surface area contributed by atoms with E-state index in [1.807, 2.05) is 30.5 Å². The summed E-state index contributed by atoms with van der Waals surface area (Å²) in [5, 5.41) is 10.4. The molecular weight excluding hydrogens is 372 g/mol. The number of aryl methyl sites for hydroxylation is 1. The number of hydrogen-bond acceptors (Lipinski definition) is 3. The summed E-state index contributed by atoms with van der Waals surface area (Å²) in [5.74, 6) is 0.724. The summed E-state index contributed by atoms with van der Waals surface area (Å²) < 4.78 is 1.74. The third-order valence-corrected chi connectivity index (χ3v) is 5.15. The van der Waals surface area contributed by atoms with E-state index < -0.39 is 0 Å². The van der Waals surface area contributed by atoms with Crippen LogP contribution in [-0.2, 0) is 25.8 Å². The summed E-state index contributed by atoms with van der Waals surface area (Å²) >= 11 is 0. The van der Waals surface area contributed by atoms with E-state index in [0.29, 0.717) is 18.4 Å². The van der Waals surface area contributed by atoms with Crippen LogP contribution in [0.4, 0.5) is 0 Å². The Morgan fingerprint density at radius 2 is 1.67 bits per heavy atom. The average molecular weight is 405 g/mol. The highest BCUT2D eigenvalue weighted by atomic mass is 16.3. The van der Waals surface area contributed by atoms with Gasteiger partial charge in [0.05, 0.1) is 5.69 Å². The van der Waals surface area contributed by atoms with Gasteiger partial charge in [0.15, 0.2) is 5.75 Å². The maximum absolute atomic E-state index is 13.0. The van der Waals surface area contributed by atoms with Crippen LogP contribution in [0.5, 0.6) is 5.75 Å². The predicted molar refractivity (Wildman–Crippen MR) is 123 cm³/mol. The predicted octanol–water partition coefficient (Wildman–Crippen LogP) is 5.26. The van der Waals surface area contributed by atoms with Crippen LogP contribution in [0.3, 0.4) is 0 Å². The fourth-order valence-corrected chi connectivity index (χ4v) is 3.90. The zero-order chi connectivity index (χ0) is 21.7. The van der Waals surface area contributed by atoms with E-state index >= 15 is 0 Å². The van der Waals surface area contributed by atoms with E-state index in [4.69, 9.17) is 0 Å². The molecule has 4 heteroatoms. The van der Waals surface area contributed by atoms with E-state index in [-0.39, 0.29) is 11.3 Å². The molecule has 0 saturated heterocycles. The quantitative estimate of drug-likeness (QED) is 0.557. The number of nitrogens with zero attached hydrogens (tertiary/aromatic N) is 2. The monoisotopic (exact) mass is 404 g/mol. The minimum absolute atomic E-state index is 0.182. The summed E-state index contributed by atoms with van der Waals surface area (Å²) in [6.45, 7) is 9.16. The first-order valence-electron chi connectivity index (χ1n) is 10.8. The van der Waals surface area contributed by atoms with Crippen molar-refractivity contribution in [2.45, 2.75) is 53.5 Å². The van der Waals surface area contributed by atoms with Crippen molar-refractivity contribution >= 4 is 0 Å². The molecule has 2 aromatic heterocycles. The largest absolute Gasteiger partial charge is 0.503 e. The van der Waals surface area contributed by atoms with Crippen LogP contribution in [0.15, 0.2) is 59.5 Å². The van der Waals surface area contributed by atoms with Crippen molar-refractivity contribution in [2.75, 3.05) is 0 Å². The highest BCUT2D eigenvalue weighted by molar-refractivity contribution is 5.65. The summed E-state index contributed by atoms with van der Waals surface area (Å²) in [4.78, 5) is 17.5. The minimum atomic E-state index is -0.337. The van der Waals surface area contributed by atoms with E-state index in [1.165, 1.54) is 5.56 Å². The highest BCUT2D eigenvalue weighted by Gasteiger charge is 2.18. The van der Waals surface area contributed by atoms with Crippen LogP contribution < -0.4 is 5.56 Å². The molecule has 3 aromatic rings. The molecule has 0 unspecified atom stereocenters. The molecule has 0 amide bonds. The van der Waals surface area contributed by atoms with Crippen molar-refractivity contribution in [1.29, 1.82) is 0 Å². The maximum Gasteiger partial charge on any atom is 0.293 e. The second kappa shape index (κ2) is 9.75. The standard InChI is InChI=1S/C26H32N2O2/c1-18(2)14-22-17-24(29)26(30)28(13-11-20-8-6-5-7-9-20)25(22)21-10-12-27-23(16-21)15-19(3)4/h5-10,12,16-19,29H,11,13-15H2,1-4H3. The second-order valence-electron chi connectivity index (χ2n) is 8.83. The van der Waals surface area contributed by atoms with E-state index in [2.05, 4.69) is 50.9 Å². The van der Waals surface area contributed by atoms with Gasteiger partial charge >= 0.3 is 0 Å². The third kappa shape index (κ3) is 5.38. The summed E-state index contributed by atoms with van der Waals surface area (Å²) in [6.07, 6.45) is 4.23. The van der Waals surface area contributed by atoms with Gasteiger partial charge in [-0.3, -0.25) is 9.78 Å². The summed E-state index contributed by atoms with van der Waals surface area (Å²) in [5.41, 5.74) is 4.73. The Hall–Kier alpha value is -2.88. The molecule has 0 aliphatic carbocycles. The molecule has 0 fully saturated rings. The fourth-order valence-electron chi connectivity index (χ4n) is 3.90. The summed E-state index contributed by atoms with van der Waals surface area (Å²) in [7, 11) is 0. The smallest absolute Gasteiger partial charge is 0.293 e. The first-order valence-corrected chi connectivity index (χ1v) is 10.8. The lowest BCUT2D eigenvalue weighted by Crippen LogP contribution is -2.24. The SMILES string of the molecule is CC(C)Cc1cc(-c2c(CC(C)C)cc(O)c(=O)n2CCc2ccccc2)ccn1. The first kappa shape index (κ1) is 21.8. The van der Waals surface area contributed by atoms with E-state index in [0.717, 1.165) is 41.8 Å². The van der Waals surface area contributed by atoms with Gasteiger partial charge in [-0.1, -0.05) is 58.0 Å². The van der Waals surface area contributed by atoms with Gasteiger partial charge in [0.2, 0.25) is 0 Å². The number of benzene rings is 1. The van der Waals surface area contributed by atoms with Crippen LogP contribution in [0.2, 0.25) is 0 Å². The molecule has 30 heavy (non-hydrogen) atoms. The van der Waals surface area contributed by atoms with Crippen molar-refractivity contribution in [3.63, 3.8) is 0 Å². The van der Waals surface area contributed by atoms with E-state index in [9.17, 15) is 9.90 Å². The third-order valence-electron chi connectivity index (χ3n) is 5.15. The number of aromatic nitrogens is 2. The molecule has 0 aliphatic rings. The zero-order valence-electron chi connectivity index (χ0n) is 18.4. The zero-order valence-corrected chi connectivity index (χ0v) is 18.4. The van der Waals surface area contributed by atoms with Crippen LogP contribution in [-0.4, -0.2) is 14.7 Å². The van der Waals surface area contributed by atoms with Gasteiger partial charge in [0, 0.05) is 24.0 Å². The molecule has 0 aliphatic heterocycles. The van der Waals surface area contributed by atoms with Crippen LogP contribution in [0.1, 0.15) is 44.5 Å². The molecule has 0 saturated carbocycles.